The van der Waals surface area contributed by atoms with Crippen LogP contribution in [0, 0.1) is 0 Å². The monoisotopic (exact) mass is 305 g/mol. The predicted molar refractivity (Wildman–Crippen MR) is 78.4 cm³/mol. The van der Waals surface area contributed by atoms with E-state index in [4.69, 9.17) is 27.2 Å². The number of hydrogen-bond acceptors (Lipinski definition) is 4. The average molecular weight is 306 g/mol. The molecule has 0 saturated carbocycles. The Labute approximate surface area is 125 Å². The number of rotatable bonds is 4. The molecule has 0 atom stereocenters. The number of nitrogen functional groups attached to an aromatic ring is 1. The third-order valence-corrected chi connectivity index (χ3v) is 3.25. The highest BCUT2D eigenvalue weighted by Gasteiger charge is 2.19. The number of nitrogens with two attached hydrogens (primary N) is 1. The number of benzene rings is 2. The quantitative estimate of drug-likeness (QED) is 0.669. The number of halogens is 1. The minimum atomic E-state index is -1.21. The van der Waals surface area contributed by atoms with Gasteiger partial charge in [0.05, 0.1) is 21.8 Å². The standard InChI is InChI=1S/C15H12ClNO4/c16-12-10(6-7-11(13(12)17)14(18)19)15(20)21-8-9-4-2-1-3-5-9/h1-7H,8,17H2,(H,18,19). The maximum absolute atomic E-state index is 12.0. The lowest BCUT2D eigenvalue weighted by molar-refractivity contribution is 0.0472. The molecule has 0 heterocycles. The molecule has 0 spiro atoms. The van der Waals surface area contributed by atoms with E-state index < -0.39 is 11.9 Å². The summed E-state index contributed by atoms with van der Waals surface area (Å²) in [7, 11) is 0. The van der Waals surface area contributed by atoms with Gasteiger partial charge in [0.1, 0.15) is 6.61 Å². The first-order chi connectivity index (χ1) is 10.0. The molecule has 0 unspecified atom stereocenters. The SMILES string of the molecule is Nc1c(C(=O)O)ccc(C(=O)OCc2ccccc2)c1Cl. The van der Waals surface area contributed by atoms with Crippen LogP contribution < -0.4 is 5.73 Å². The van der Waals surface area contributed by atoms with E-state index in [0.29, 0.717) is 0 Å². The number of esters is 1. The molecule has 108 valence electrons. The highest BCUT2D eigenvalue weighted by molar-refractivity contribution is 6.36. The van der Waals surface area contributed by atoms with Gasteiger partial charge in [-0.15, -0.1) is 0 Å². The second kappa shape index (κ2) is 6.28. The van der Waals surface area contributed by atoms with Gasteiger partial charge in [-0.3, -0.25) is 0 Å². The number of carboxylic acid groups (broad SMARTS) is 1. The third-order valence-electron chi connectivity index (χ3n) is 2.84. The Morgan fingerprint density at radius 2 is 1.71 bits per heavy atom. The molecule has 0 bridgehead atoms. The lowest BCUT2D eigenvalue weighted by Crippen LogP contribution is -2.10. The number of carboxylic acids is 1. The summed E-state index contributed by atoms with van der Waals surface area (Å²) >= 11 is 5.93. The van der Waals surface area contributed by atoms with Crippen LogP contribution in [0.15, 0.2) is 42.5 Å². The lowest BCUT2D eigenvalue weighted by Gasteiger charge is -2.09. The maximum Gasteiger partial charge on any atom is 0.340 e. The summed E-state index contributed by atoms with van der Waals surface area (Å²) in [6.45, 7) is 0.0938. The van der Waals surface area contributed by atoms with Crippen LogP contribution in [0.2, 0.25) is 5.02 Å². The van der Waals surface area contributed by atoms with Gasteiger partial charge in [0.25, 0.3) is 0 Å². The molecule has 0 amide bonds. The van der Waals surface area contributed by atoms with Gasteiger partial charge in [-0.2, -0.15) is 0 Å². The Morgan fingerprint density at radius 1 is 1.10 bits per heavy atom. The smallest absolute Gasteiger partial charge is 0.340 e. The summed E-state index contributed by atoms with van der Waals surface area (Å²) < 4.78 is 5.12. The number of ether oxygens (including phenoxy) is 1. The van der Waals surface area contributed by atoms with Gasteiger partial charge in [-0.25, -0.2) is 9.59 Å². The number of carbonyl (C=O) groups excluding carboxylic acids is 1. The van der Waals surface area contributed by atoms with Crippen LogP contribution in [0.4, 0.5) is 5.69 Å². The van der Waals surface area contributed by atoms with Crippen molar-refractivity contribution in [1.82, 2.24) is 0 Å². The van der Waals surface area contributed by atoms with E-state index >= 15 is 0 Å². The van der Waals surface area contributed by atoms with Crippen LogP contribution in [0.1, 0.15) is 26.3 Å². The molecule has 5 nitrogen and oxygen atoms in total. The largest absolute Gasteiger partial charge is 0.478 e. The highest BCUT2D eigenvalue weighted by atomic mass is 35.5. The highest BCUT2D eigenvalue weighted by Crippen LogP contribution is 2.28. The van der Waals surface area contributed by atoms with Gasteiger partial charge in [0, 0.05) is 0 Å². The number of aromatic carboxylic acids is 1. The molecule has 0 radical (unpaired) electrons. The van der Waals surface area contributed by atoms with Gasteiger partial charge in [-0.1, -0.05) is 41.9 Å². The maximum atomic E-state index is 12.0. The van der Waals surface area contributed by atoms with Crippen LogP contribution in [0.3, 0.4) is 0 Å². The van der Waals surface area contributed by atoms with Crippen molar-refractivity contribution >= 4 is 29.2 Å². The first kappa shape index (κ1) is 14.9. The molecule has 0 aliphatic rings. The second-order valence-electron chi connectivity index (χ2n) is 4.26. The molecule has 0 aliphatic heterocycles. The van der Waals surface area contributed by atoms with Gasteiger partial charge in [-0.05, 0) is 17.7 Å². The van der Waals surface area contributed by atoms with Crippen LogP contribution in [-0.4, -0.2) is 17.0 Å². The number of anilines is 1. The molecule has 21 heavy (non-hydrogen) atoms. The molecule has 0 saturated heterocycles. The zero-order chi connectivity index (χ0) is 15.4. The molecule has 6 heteroatoms. The van der Waals surface area contributed by atoms with Gasteiger partial charge < -0.3 is 15.6 Å². The summed E-state index contributed by atoms with van der Waals surface area (Å²) in [4.78, 5) is 22.9. The van der Waals surface area contributed by atoms with E-state index in [-0.39, 0.29) is 28.4 Å². The van der Waals surface area contributed by atoms with Crippen molar-refractivity contribution in [2.45, 2.75) is 6.61 Å². The van der Waals surface area contributed by atoms with Crippen molar-refractivity contribution < 1.29 is 19.4 Å². The van der Waals surface area contributed by atoms with Crippen molar-refractivity contribution in [3.05, 3.63) is 64.2 Å². The summed E-state index contributed by atoms with van der Waals surface area (Å²) in [5, 5.41) is 8.80. The van der Waals surface area contributed by atoms with E-state index in [1.54, 1.807) is 0 Å². The van der Waals surface area contributed by atoms with Crippen molar-refractivity contribution in [1.29, 1.82) is 0 Å². The Hall–Kier alpha value is -2.53. The molecule has 2 aromatic rings. The second-order valence-corrected chi connectivity index (χ2v) is 4.63. The Kier molecular flexibility index (Phi) is 4.45. The summed E-state index contributed by atoms with van der Waals surface area (Å²) in [5.41, 5.74) is 6.17. The number of carbonyl (C=O) groups is 2. The molecule has 2 rings (SSSR count). The van der Waals surface area contributed by atoms with Crippen LogP contribution in [-0.2, 0) is 11.3 Å². The Morgan fingerprint density at radius 3 is 2.33 bits per heavy atom. The first-order valence-corrected chi connectivity index (χ1v) is 6.41. The van der Waals surface area contributed by atoms with Crippen molar-refractivity contribution in [3.63, 3.8) is 0 Å². The minimum Gasteiger partial charge on any atom is -0.478 e. The Balaban J connectivity index is 2.16. The minimum absolute atomic E-state index is 0.0371. The summed E-state index contributed by atoms with van der Waals surface area (Å²) in [6.07, 6.45) is 0. The van der Waals surface area contributed by atoms with Crippen LogP contribution >= 0.6 is 11.6 Å². The molecule has 0 fully saturated rings. The van der Waals surface area contributed by atoms with E-state index in [1.165, 1.54) is 12.1 Å². The molecule has 0 aliphatic carbocycles. The average Bonchev–Trinajstić information content (AvgIpc) is 2.48. The summed E-state index contributed by atoms with van der Waals surface area (Å²) in [6, 6.07) is 11.7. The van der Waals surface area contributed by atoms with Gasteiger partial charge in [0.2, 0.25) is 0 Å². The Bertz CT molecular complexity index is 686. The van der Waals surface area contributed by atoms with E-state index in [1.807, 2.05) is 30.3 Å². The molecule has 2 aromatic carbocycles. The zero-order valence-corrected chi connectivity index (χ0v) is 11.6. The normalized spacial score (nSPS) is 10.1. The fourth-order valence-corrected chi connectivity index (χ4v) is 1.98. The molecule has 3 N–H and O–H groups in total. The molecular weight excluding hydrogens is 294 g/mol. The third kappa shape index (κ3) is 3.32. The van der Waals surface area contributed by atoms with E-state index in [2.05, 4.69) is 0 Å². The topological polar surface area (TPSA) is 89.6 Å². The van der Waals surface area contributed by atoms with Gasteiger partial charge in [0.15, 0.2) is 0 Å². The lowest BCUT2D eigenvalue weighted by atomic mass is 10.1. The van der Waals surface area contributed by atoms with Gasteiger partial charge >= 0.3 is 11.9 Å². The fourth-order valence-electron chi connectivity index (χ4n) is 1.74. The van der Waals surface area contributed by atoms with Crippen molar-refractivity contribution in [2.24, 2.45) is 0 Å². The molecule has 0 aromatic heterocycles. The van der Waals surface area contributed by atoms with Crippen LogP contribution in [0.25, 0.3) is 0 Å². The van der Waals surface area contributed by atoms with Crippen molar-refractivity contribution in [2.75, 3.05) is 5.73 Å². The van der Waals surface area contributed by atoms with Crippen molar-refractivity contribution in [3.8, 4) is 0 Å². The zero-order valence-electron chi connectivity index (χ0n) is 10.9. The van der Waals surface area contributed by atoms with E-state index in [0.717, 1.165) is 5.56 Å². The van der Waals surface area contributed by atoms with Crippen LogP contribution in [0.5, 0.6) is 0 Å². The summed E-state index contributed by atoms with van der Waals surface area (Å²) in [5.74, 6) is -1.87. The predicted octanol–water partition coefficient (Wildman–Crippen LogP) is 2.98. The number of hydrogen-bond donors (Lipinski definition) is 2. The fraction of sp³-hybridized carbons (Fsp3) is 0.0667. The molecular formula is C15H12ClNO4. The van der Waals surface area contributed by atoms with E-state index in [9.17, 15) is 9.59 Å². The first-order valence-electron chi connectivity index (χ1n) is 6.03.